The number of hydrogen-bond acceptors (Lipinski definition) is 6. The van der Waals surface area contributed by atoms with Gasteiger partial charge in [0.1, 0.15) is 6.10 Å². The molecule has 1 atom stereocenters. The van der Waals surface area contributed by atoms with Crippen molar-refractivity contribution >= 4 is 5.91 Å². The van der Waals surface area contributed by atoms with E-state index in [1.54, 1.807) is 6.26 Å². The van der Waals surface area contributed by atoms with Crippen LogP contribution in [0.4, 0.5) is 0 Å². The Morgan fingerprint density at radius 3 is 2.83 bits per heavy atom. The number of aromatic nitrogens is 1. The molecule has 1 amide bonds. The van der Waals surface area contributed by atoms with Crippen molar-refractivity contribution in [3.05, 3.63) is 30.2 Å². The van der Waals surface area contributed by atoms with Crippen molar-refractivity contribution in [2.45, 2.75) is 25.5 Å². The molecule has 0 N–H and O–H groups in total. The van der Waals surface area contributed by atoms with Gasteiger partial charge in [0.25, 0.3) is 5.91 Å². The molecule has 128 valence electrons. The number of nitrogens with zero attached hydrogens (tertiary/aromatic N) is 3. The smallest absolute Gasteiger partial charge is 0.251 e. The number of furan rings is 1. The predicted octanol–water partition coefficient (Wildman–Crippen LogP) is 1.76. The van der Waals surface area contributed by atoms with Gasteiger partial charge in [-0.15, -0.1) is 0 Å². The van der Waals surface area contributed by atoms with Crippen LogP contribution in [0.1, 0.15) is 18.5 Å². The van der Waals surface area contributed by atoms with E-state index in [-0.39, 0.29) is 12.0 Å². The van der Waals surface area contributed by atoms with Crippen molar-refractivity contribution in [1.29, 1.82) is 0 Å². The topological polar surface area (TPSA) is 72.0 Å². The predicted molar refractivity (Wildman–Crippen MR) is 85.0 cm³/mol. The lowest BCUT2D eigenvalue weighted by atomic mass is 10.2. The Bertz CT molecular complexity index is 668. The third kappa shape index (κ3) is 3.22. The summed E-state index contributed by atoms with van der Waals surface area (Å²) >= 11 is 0. The number of carbonyl (C=O) groups is 1. The molecule has 7 heteroatoms. The summed E-state index contributed by atoms with van der Waals surface area (Å²) < 4.78 is 16.1. The first-order valence-electron chi connectivity index (χ1n) is 8.42. The van der Waals surface area contributed by atoms with E-state index >= 15 is 0 Å². The molecule has 2 aromatic heterocycles. The average molecular weight is 331 g/mol. The number of rotatable bonds is 4. The zero-order valence-electron chi connectivity index (χ0n) is 13.5. The van der Waals surface area contributed by atoms with Crippen LogP contribution in [0, 0.1) is 0 Å². The molecule has 0 spiro atoms. The highest BCUT2D eigenvalue weighted by Gasteiger charge is 2.30. The van der Waals surface area contributed by atoms with Gasteiger partial charge >= 0.3 is 0 Å². The van der Waals surface area contributed by atoms with Crippen LogP contribution in [0.25, 0.3) is 11.5 Å². The normalized spacial score (nSPS) is 22.2. The van der Waals surface area contributed by atoms with Gasteiger partial charge < -0.3 is 18.6 Å². The molecule has 2 aliphatic heterocycles. The lowest BCUT2D eigenvalue weighted by Crippen LogP contribution is -2.51. The third-order valence-electron chi connectivity index (χ3n) is 4.60. The minimum Gasteiger partial charge on any atom is -0.461 e. The van der Waals surface area contributed by atoms with Crippen LogP contribution < -0.4 is 0 Å². The molecule has 24 heavy (non-hydrogen) atoms. The molecule has 0 aliphatic carbocycles. The van der Waals surface area contributed by atoms with E-state index in [9.17, 15) is 4.79 Å². The fourth-order valence-electron chi connectivity index (χ4n) is 3.25. The largest absolute Gasteiger partial charge is 0.461 e. The Labute approximate surface area is 140 Å². The van der Waals surface area contributed by atoms with Crippen LogP contribution >= 0.6 is 0 Å². The number of hydrogen-bond donors (Lipinski definition) is 0. The first-order valence-corrected chi connectivity index (χ1v) is 8.42. The fraction of sp³-hybridized carbons (Fsp3) is 0.529. The second-order valence-corrected chi connectivity index (χ2v) is 6.26. The Morgan fingerprint density at radius 1 is 1.25 bits per heavy atom. The van der Waals surface area contributed by atoms with Crippen molar-refractivity contribution in [3.63, 3.8) is 0 Å². The Hall–Kier alpha value is -2.12. The highest BCUT2D eigenvalue weighted by atomic mass is 16.5. The number of piperazine rings is 1. The van der Waals surface area contributed by atoms with Crippen molar-refractivity contribution < 1.29 is 18.5 Å². The van der Waals surface area contributed by atoms with Gasteiger partial charge in [0.15, 0.2) is 5.76 Å². The van der Waals surface area contributed by atoms with Crippen LogP contribution in [0.2, 0.25) is 0 Å². The third-order valence-corrected chi connectivity index (χ3v) is 4.60. The summed E-state index contributed by atoms with van der Waals surface area (Å²) in [5.41, 5.74) is 0.875. The number of carbonyl (C=O) groups excluding carboxylic acids is 1. The van der Waals surface area contributed by atoms with E-state index in [4.69, 9.17) is 13.7 Å². The molecule has 0 saturated carbocycles. The minimum absolute atomic E-state index is 0.147. The molecule has 2 aromatic rings. The summed E-state index contributed by atoms with van der Waals surface area (Å²) in [6.07, 6.45) is 3.23. The second kappa shape index (κ2) is 6.78. The second-order valence-electron chi connectivity index (χ2n) is 6.26. The Kier molecular flexibility index (Phi) is 4.36. The lowest BCUT2D eigenvalue weighted by molar-refractivity contribution is -0.142. The molecule has 0 aromatic carbocycles. The van der Waals surface area contributed by atoms with Gasteiger partial charge in [-0.1, -0.05) is 5.16 Å². The molecule has 4 rings (SSSR count). The van der Waals surface area contributed by atoms with E-state index in [1.165, 1.54) is 0 Å². The van der Waals surface area contributed by atoms with E-state index in [0.29, 0.717) is 24.7 Å². The highest BCUT2D eigenvalue weighted by molar-refractivity contribution is 5.81. The maximum Gasteiger partial charge on any atom is 0.251 e. The molecule has 0 radical (unpaired) electrons. The number of ether oxygens (including phenoxy) is 1. The molecular formula is C17H21N3O4. The summed E-state index contributed by atoms with van der Waals surface area (Å²) in [6, 6.07) is 5.57. The van der Waals surface area contributed by atoms with Crippen LogP contribution in [-0.4, -0.2) is 59.8 Å². The summed E-state index contributed by atoms with van der Waals surface area (Å²) in [6.45, 7) is 4.57. The maximum absolute atomic E-state index is 12.3. The minimum atomic E-state index is -0.219. The molecule has 0 bridgehead atoms. The van der Waals surface area contributed by atoms with E-state index in [1.807, 2.05) is 23.1 Å². The summed E-state index contributed by atoms with van der Waals surface area (Å²) in [5.74, 6) is 1.47. The van der Waals surface area contributed by atoms with Crippen LogP contribution in [0.15, 0.2) is 33.4 Å². The Morgan fingerprint density at radius 2 is 2.12 bits per heavy atom. The van der Waals surface area contributed by atoms with E-state index in [2.05, 4.69) is 10.1 Å². The van der Waals surface area contributed by atoms with Gasteiger partial charge in [-0.2, -0.15) is 0 Å². The fourth-order valence-corrected chi connectivity index (χ4v) is 3.25. The van der Waals surface area contributed by atoms with Gasteiger partial charge in [0.05, 0.1) is 12.0 Å². The molecule has 7 nitrogen and oxygen atoms in total. The van der Waals surface area contributed by atoms with Crippen molar-refractivity contribution in [1.82, 2.24) is 15.0 Å². The van der Waals surface area contributed by atoms with E-state index < -0.39 is 0 Å². The summed E-state index contributed by atoms with van der Waals surface area (Å²) in [5, 5.41) is 4.11. The standard InChI is InChI=1S/C17H21N3O4/c21-17(15-4-2-10-23-15)20-7-5-19(6-8-20)12-13-11-16(24-18-13)14-3-1-9-22-14/h1,3,9,11,15H,2,4-8,10,12H2. The zero-order chi connectivity index (χ0) is 16.4. The monoisotopic (exact) mass is 331 g/mol. The highest BCUT2D eigenvalue weighted by Crippen LogP contribution is 2.22. The molecular weight excluding hydrogens is 310 g/mol. The first-order chi connectivity index (χ1) is 11.8. The van der Waals surface area contributed by atoms with Crippen molar-refractivity contribution in [2.75, 3.05) is 32.8 Å². The van der Waals surface area contributed by atoms with Crippen molar-refractivity contribution in [3.8, 4) is 11.5 Å². The average Bonchev–Trinajstić information content (AvgIpc) is 3.36. The first kappa shape index (κ1) is 15.4. The zero-order valence-corrected chi connectivity index (χ0v) is 13.5. The van der Waals surface area contributed by atoms with Gasteiger partial charge in [-0.25, -0.2) is 0 Å². The van der Waals surface area contributed by atoms with Gasteiger partial charge in [0, 0.05) is 45.4 Å². The van der Waals surface area contributed by atoms with Gasteiger partial charge in [-0.05, 0) is 25.0 Å². The van der Waals surface area contributed by atoms with Gasteiger partial charge in [0.2, 0.25) is 5.76 Å². The molecule has 2 fully saturated rings. The van der Waals surface area contributed by atoms with Gasteiger partial charge in [-0.3, -0.25) is 9.69 Å². The maximum atomic E-state index is 12.3. The quantitative estimate of drug-likeness (QED) is 0.850. The van der Waals surface area contributed by atoms with Crippen molar-refractivity contribution in [2.24, 2.45) is 0 Å². The summed E-state index contributed by atoms with van der Waals surface area (Å²) in [4.78, 5) is 16.5. The lowest BCUT2D eigenvalue weighted by Gasteiger charge is -2.35. The van der Waals surface area contributed by atoms with E-state index in [0.717, 1.165) is 44.7 Å². The molecule has 2 saturated heterocycles. The SMILES string of the molecule is O=C(C1CCCO1)N1CCN(Cc2cc(-c3ccco3)on2)CC1. The summed E-state index contributed by atoms with van der Waals surface area (Å²) in [7, 11) is 0. The number of amides is 1. The van der Waals surface area contributed by atoms with Crippen LogP contribution in [0.5, 0.6) is 0 Å². The molecule has 2 aliphatic rings. The van der Waals surface area contributed by atoms with Crippen LogP contribution in [-0.2, 0) is 16.1 Å². The Balaban J connectivity index is 1.29. The molecule has 1 unspecified atom stereocenters. The van der Waals surface area contributed by atoms with Crippen LogP contribution in [0.3, 0.4) is 0 Å². The molecule has 4 heterocycles.